The van der Waals surface area contributed by atoms with Crippen LogP contribution in [-0.2, 0) is 14.8 Å². The first kappa shape index (κ1) is 21.0. The number of sulfonamides is 1. The lowest BCUT2D eigenvalue weighted by atomic mass is 9.89. The number of rotatable bonds is 3. The van der Waals surface area contributed by atoms with Gasteiger partial charge in [-0.05, 0) is 73.5 Å². The number of carbonyl (C=O) groups excluding carboxylic acids is 1. The van der Waals surface area contributed by atoms with E-state index in [1.165, 1.54) is 15.6 Å². The Bertz CT molecular complexity index is 1340. The van der Waals surface area contributed by atoms with Crippen molar-refractivity contribution >= 4 is 38.5 Å². The van der Waals surface area contributed by atoms with Crippen LogP contribution in [0.25, 0.3) is 0 Å². The zero-order valence-electron chi connectivity index (χ0n) is 18.0. The van der Waals surface area contributed by atoms with E-state index in [1.807, 2.05) is 61.7 Å². The summed E-state index contributed by atoms with van der Waals surface area (Å²) in [5, 5.41) is 5.34. The van der Waals surface area contributed by atoms with Crippen LogP contribution in [0.5, 0.6) is 0 Å². The van der Waals surface area contributed by atoms with Gasteiger partial charge in [-0.2, -0.15) is 0 Å². The van der Waals surface area contributed by atoms with Crippen LogP contribution < -0.4 is 9.62 Å². The number of anilines is 2. The van der Waals surface area contributed by atoms with Crippen LogP contribution in [0, 0.1) is 13.8 Å². The molecule has 5 rings (SSSR count). The Morgan fingerprint density at radius 3 is 2.56 bits per heavy atom. The highest BCUT2D eigenvalue weighted by Gasteiger charge is 2.43. The molecule has 1 aliphatic heterocycles. The molecule has 164 valence electrons. The second-order valence-corrected chi connectivity index (χ2v) is 11.1. The molecule has 0 saturated heterocycles. The van der Waals surface area contributed by atoms with E-state index in [9.17, 15) is 13.2 Å². The molecule has 0 radical (unpaired) electrons. The van der Waals surface area contributed by atoms with Gasteiger partial charge < -0.3 is 5.32 Å². The van der Waals surface area contributed by atoms with E-state index >= 15 is 0 Å². The highest BCUT2D eigenvalue weighted by atomic mass is 32.2. The van der Waals surface area contributed by atoms with Crippen molar-refractivity contribution in [2.24, 2.45) is 0 Å². The summed E-state index contributed by atoms with van der Waals surface area (Å²) in [6, 6.07) is 15.7. The molecule has 2 heterocycles. The molecule has 0 fully saturated rings. The maximum atomic E-state index is 14.2. The van der Waals surface area contributed by atoms with E-state index in [0.29, 0.717) is 23.4 Å². The van der Waals surface area contributed by atoms with Crippen molar-refractivity contribution in [2.75, 3.05) is 9.62 Å². The summed E-state index contributed by atoms with van der Waals surface area (Å²) in [4.78, 5) is 14.3. The molecule has 3 aromatic rings. The molecule has 0 amide bonds. The maximum Gasteiger partial charge on any atom is 0.265 e. The zero-order chi connectivity index (χ0) is 22.5. The number of fused-ring (bicyclic) bond motifs is 1. The van der Waals surface area contributed by atoms with Crippen LogP contribution in [0.2, 0.25) is 0 Å². The third-order valence-electron chi connectivity index (χ3n) is 6.24. The standard InChI is InChI=1S/C25H24N2O3S2/c1-16-12-13-18(15-17(16)2)32(29,30)27-21-9-4-3-7-19(21)26-20-8-5-10-22(28)24(20)25(27)23-11-6-14-31-23/h3-4,6-7,9,11-15,25-26H,5,8,10H2,1-2H3/t25-/m1/s1. The summed E-state index contributed by atoms with van der Waals surface area (Å²) in [5.74, 6) is 0.00485. The highest BCUT2D eigenvalue weighted by Crippen LogP contribution is 2.48. The Balaban J connectivity index is 1.82. The molecule has 0 spiro atoms. The first-order valence-corrected chi connectivity index (χ1v) is 13.0. The van der Waals surface area contributed by atoms with Gasteiger partial charge in [-0.1, -0.05) is 24.3 Å². The highest BCUT2D eigenvalue weighted by molar-refractivity contribution is 7.92. The first-order valence-electron chi connectivity index (χ1n) is 10.7. The predicted molar refractivity (Wildman–Crippen MR) is 129 cm³/mol. The van der Waals surface area contributed by atoms with Crippen molar-refractivity contribution in [3.63, 3.8) is 0 Å². The second-order valence-electron chi connectivity index (χ2n) is 8.28. The number of nitrogens with zero attached hydrogens (tertiary/aromatic N) is 1. The van der Waals surface area contributed by atoms with E-state index in [-0.39, 0.29) is 10.7 Å². The van der Waals surface area contributed by atoms with Gasteiger partial charge in [0, 0.05) is 22.6 Å². The molecule has 2 aliphatic rings. The number of carbonyl (C=O) groups is 1. The monoisotopic (exact) mass is 464 g/mol. The Morgan fingerprint density at radius 2 is 1.81 bits per heavy atom. The fourth-order valence-corrected chi connectivity index (χ4v) is 7.06. The van der Waals surface area contributed by atoms with E-state index in [2.05, 4.69) is 5.32 Å². The number of allylic oxidation sites excluding steroid dienone is 1. The minimum atomic E-state index is -3.97. The van der Waals surface area contributed by atoms with Crippen LogP contribution >= 0.6 is 11.3 Å². The maximum absolute atomic E-state index is 14.2. The van der Waals surface area contributed by atoms with Crippen LogP contribution in [0.3, 0.4) is 0 Å². The molecule has 0 saturated carbocycles. The van der Waals surface area contributed by atoms with Gasteiger partial charge in [0.1, 0.15) is 6.04 Å². The normalized spacial score (nSPS) is 18.6. The molecule has 1 aromatic heterocycles. The summed E-state index contributed by atoms with van der Waals surface area (Å²) in [5.41, 5.74) is 4.57. The van der Waals surface area contributed by atoms with Crippen molar-refractivity contribution in [2.45, 2.75) is 44.0 Å². The van der Waals surface area contributed by atoms with Gasteiger partial charge >= 0.3 is 0 Å². The van der Waals surface area contributed by atoms with Crippen molar-refractivity contribution in [1.29, 1.82) is 0 Å². The Kier molecular flexibility index (Phi) is 5.18. The molecule has 0 bridgehead atoms. The minimum absolute atomic E-state index is 0.00485. The van der Waals surface area contributed by atoms with Crippen LogP contribution in [0.1, 0.15) is 41.3 Å². The van der Waals surface area contributed by atoms with E-state index in [4.69, 9.17) is 0 Å². The molecule has 1 atom stereocenters. The molecule has 32 heavy (non-hydrogen) atoms. The molecule has 7 heteroatoms. The number of aryl methyl sites for hydroxylation is 2. The summed E-state index contributed by atoms with van der Waals surface area (Å²) >= 11 is 1.47. The fraction of sp³-hybridized carbons (Fsp3) is 0.240. The third kappa shape index (κ3) is 3.36. The third-order valence-corrected chi connectivity index (χ3v) is 8.94. The van der Waals surface area contributed by atoms with Gasteiger partial charge in [0.25, 0.3) is 10.0 Å². The number of benzene rings is 2. The quantitative estimate of drug-likeness (QED) is 0.537. The fourth-order valence-electron chi connectivity index (χ4n) is 4.46. The van der Waals surface area contributed by atoms with Crippen LogP contribution in [0.4, 0.5) is 11.4 Å². The van der Waals surface area contributed by atoms with Gasteiger partial charge in [-0.3, -0.25) is 9.10 Å². The van der Waals surface area contributed by atoms with Crippen molar-refractivity contribution in [1.82, 2.24) is 0 Å². The predicted octanol–water partition coefficient (Wildman–Crippen LogP) is 5.73. The number of thiophene rings is 1. The summed E-state index contributed by atoms with van der Waals surface area (Å²) < 4.78 is 29.9. The summed E-state index contributed by atoms with van der Waals surface area (Å²) in [6.45, 7) is 3.87. The van der Waals surface area contributed by atoms with Gasteiger partial charge in [-0.25, -0.2) is 8.42 Å². The SMILES string of the molecule is Cc1ccc(S(=O)(=O)N2c3ccccc3NC3=C(C(=O)CCC3)[C@H]2c2cccs2)cc1C. The van der Waals surface area contributed by atoms with E-state index in [1.54, 1.807) is 12.1 Å². The summed E-state index contributed by atoms with van der Waals surface area (Å²) in [6.07, 6.45) is 1.90. The van der Waals surface area contributed by atoms with Gasteiger partial charge in [0.05, 0.1) is 16.3 Å². The molecule has 1 N–H and O–H groups in total. The lowest BCUT2D eigenvalue weighted by Gasteiger charge is -2.33. The molecule has 1 aliphatic carbocycles. The van der Waals surface area contributed by atoms with Crippen LogP contribution in [0.15, 0.2) is 76.1 Å². The Hall–Kier alpha value is -2.90. The average molecular weight is 465 g/mol. The second kappa shape index (κ2) is 7.90. The average Bonchev–Trinajstić information content (AvgIpc) is 3.24. The number of para-hydroxylation sites is 2. The van der Waals surface area contributed by atoms with E-state index < -0.39 is 16.1 Å². The molecular weight excluding hydrogens is 440 g/mol. The lowest BCUT2D eigenvalue weighted by molar-refractivity contribution is -0.116. The first-order chi connectivity index (χ1) is 15.4. The van der Waals surface area contributed by atoms with Crippen LogP contribution in [-0.4, -0.2) is 14.2 Å². The summed E-state index contributed by atoms with van der Waals surface area (Å²) in [7, 11) is -3.97. The molecular formula is C25H24N2O3S2. The minimum Gasteiger partial charge on any atom is -0.357 e. The number of ketones is 1. The van der Waals surface area contributed by atoms with Crippen molar-refractivity contribution < 1.29 is 13.2 Å². The topological polar surface area (TPSA) is 66.5 Å². The molecule has 0 unspecified atom stereocenters. The molecule has 5 nitrogen and oxygen atoms in total. The largest absolute Gasteiger partial charge is 0.357 e. The number of nitrogens with one attached hydrogen (secondary N) is 1. The van der Waals surface area contributed by atoms with Gasteiger partial charge in [0.15, 0.2) is 5.78 Å². The van der Waals surface area contributed by atoms with Crippen molar-refractivity contribution in [3.05, 3.63) is 87.3 Å². The Morgan fingerprint density at radius 1 is 1.00 bits per heavy atom. The van der Waals surface area contributed by atoms with Gasteiger partial charge in [-0.15, -0.1) is 11.3 Å². The number of Topliss-reactive ketones (excluding diaryl/α,β-unsaturated/α-hetero) is 1. The molecule has 2 aromatic carbocycles. The number of hydrogen-bond donors (Lipinski definition) is 1. The van der Waals surface area contributed by atoms with Crippen molar-refractivity contribution in [3.8, 4) is 0 Å². The smallest absolute Gasteiger partial charge is 0.265 e. The lowest BCUT2D eigenvalue weighted by Crippen LogP contribution is -2.37. The zero-order valence-corrected chi connectivity index (χ0v) is 19.6. The van der Waals surface area contributed by atoms with Gasteiger partial charge in [0.2, 0.25) is 0 Å². The Labute approximate surface area is 192 Å². The number of hydrogen-bond acceptors (Lipinski definition) is 5. The van der Waals surface area contributed by atoms with E-state index in [0.717, 1.165) is 34.5 Å².